The maximum absolute atomic E-state index is 5.77. The van der Waals surface area contributed by atoms with Crippen molar-refractivity contribution in [3.63, 3.8) is 0 Å². The molecule has 4 heteroatoms. The highest BCUT2D eigenvalue weighted by atomic mass is 79.9. The highest BCUT2D eigenvalue weighted by Gasteiger charge is 2.01. The molecule has 0 aliphatic rings. The summed E-state index contributed by atoms with van der Waals surface area (Å²) in [6.45, 7) is 4.49. The summed E-state index contributed by atoms with van der Waals surface area (Å²) in [5.41, 5.74) is 8.06. The van der Waals surface area contributed by atoms with E-state index in [0.29, 0.717) is 12.3 Å². The standard InChI is InChI=1S/C10H13BrN2O/c1-3-14-5-4-10-9(12)6-8(11)7(2)13-10/h4-6H,3,12H2,1-2H3/b5-4+. The zero-order chi connectivity index (χ0) is 10.6. The fourth-order valence-electron chi connectivity index (χ4n) is 0.956. The molecule has 14 heavy (non-hydrogen) atoms. The Balaban J connectivity index is 2.92. The summed E-state index contributed by atoms with van der Waals surface area (Å²) in [5, 5.41) is 0. The number of aryl methyl sites for hydroxylation is 1. The Morgan fingerprint density at radius 1 is 1.64 bits per heavy atom. The van der Waals surface area contributed by atoms with Gasteiger partial charge in [0, 0.05) is 10.5 Å². The minimum absolute atomic E-state index is 0.637. The third-order valence-electron chi connectivity index (χ3n) is 1.70. The molecule has 1 rings (SSSR count). The summed E-state index contributed by atoms with van der Waals surface area (Å²) in [6, 6.07) is 1.84. The number of nitrogen functional groups attached to an aromatic ring is 1. The average molecular weight is 257 g/mol. The van der Waals surface area contributed by atoms with E-state index in [1.165, 1.54) is 0 Å². The van der Waals surface area contributed by atoms with Crippen LogP contribution in [0, 0.1) is 6.92 Å². The minimum Gasteiger partial charge on any atom is -0.501 e. The molecule has 1 aromatic heterocycles. The molecule has 0 aliphatic heterocycles. The molecule has 0 amide bonds. The number of anilines is 1. The number of aromatic nitrogens is 1. The summed E-state index contributed by atoms with van der Waals surface area (Å²) >= 11 is 3.36. The van der Waals surface area contributed by atoms with Gasteiger partial charge in [0.15, 0.2) is 0 Å². The molecule has 0 spiro atoms. The Hall–Kier alpha value is -1.03. The van der Waals surface area contributed by atoms with Crippen LogP contribution < -0.4 is 5.73 Å². The molecule has 0 aromatic carbocycles. The first-order valence-corrected chi connectivity index (χ1v) is 5.15. The molecule has 0 unspecified atom stereocenters. The van der Waals surface area contributed by atoms with Crippen LogP contribution in [0.25, 0.3) is 6.08 Å². The van der Waals surface area contributed by atoms with Crippen LogP contribution in [0.4, 0.5) is 5.69 Å². The van der Waals surface area contributed by atoms with Crippen molar-refractivity contribution in [2.24, 2.45) is 0 Å². The summed E-state index contributed by atoms with van der Waals surface area (Å²) in [7, 11) is 0. The van der Waals surface area contributed by atoms with Crippen LogP contribution in [0.15, 0.2) is 16.8 Å². The molecular formula is C10H13BrN2O. The normalized spacial score (nSPS) is 10.8. The largest absolute Gasteiger partial charge is 0.501 e. The van der Waals surface area contributed by atoms with Crippen LogP contribution >= 0.6 is 15.9 Å². The van der Waals surface area contributed by atoms with E-state index >= 15 is 0 Å². The molecule has 1 heterocycles. The monoisotopic (exact) mass is 256 g/mol. The van der Waals surface area contributed by atoms with Crippen molar-refractivity contribution in [1.29, 1.82) is 0 Å². The van der Waals surface area contributed by atoms with Gasteiger partial charge in [0.1, 0.15) is 0 Å². The summed E-state index contributed by atoms with van der Waals surface area (Å²) in [5.74, 6) is 0. The third-order valence-corrected chi connectivity index (χ3v) is 2.50. The van der Waals surface area contributed by atoms with Gasteiger partial charge in [-0.15, -0.1) is 0 Å². The van der Waals surface area contributed by atoms with E-state index in [9.17, 15) is 0 Å². The Labute approximate surface area is 92.1 Å². The van der Waals surface area contributed by atoms with Crippen molar-refractivity contribution in [3.8, 4) is 0 Å². The lowest BCUT2D eigenvalue weighted by Crippen LogP contribution is -1.95. The maximum Gasteiger partial charge on any atom is 0.0893 e. The van der Waals surface area contributed by atoms with Gasteiger partial charge >= 0.3 is 0 Å². The fraction of sp³-hybridized carbons (Fsp3) is 0.300. The second kappa shape index (κ2) is 5.00. The lowest BCUT2D eigenvalue weighted by atomic mass is 10.2. The van der Waals surface area contributed by atoms with Gasteiger partial charge < -0.3 is 10.5 Å². The molecule has 0 saturated heterocycles. The first kappa shape index (κ1) is 11.0. The molecule has 0 atom stereocenters. The second-order valence-electron chi connectivity index (χ2n) is 2.79. The maximum atomic E-state index is 5.77. The SMILES string of the molecule is CCO/C=C/c1nc(C)c(Br)cc1N. The highest BCUT2D eigenvalue weighted by molar-refractivity contribution is 9.10. The van der Waals surface area contributed by atoms with Crippen LogP contribution in [0.5, 0.6) is 0 Å². The molecule has 0 saturated carbocycles. The second-order valence-corrected chi connectivity index (χ2v) is 3.64. The summed E-state index contributed by atoms with van der Waals surface area (Å²) in [6.07, 6.45) is 3.37. The van der Waals surface area contributed by atoms with Gasteiger partial charge in [-0.3, -0.25) is 4.98 Å². The van der Waals surface area contributed by atoms with Crippen LogP contribution in [0.3, 0.4) is 0 Å². The van der Waals surface area contributed by atoms with Gasteiger partial charge in [-0.2, -0.15) is 0 Å². The number of ether oxygens (including phenoxy) is 1. The lowest BCUT2D eigenvalue weighted by molar-refractivity contribution is 0.272. The van der Waals surface area contributed by atoms with E-state index in [0.717, 1.165) is 15.9 Å². The first-order chi connectivity index (χ1) is 6.65. The number of pyridine rings is 1. The van der Waals surface area contributed by atoms with E-state index in [4.69, 9.17) is 10.5 Å². The smallest absolute Gasteiger partial charge is 0.0893 e. The Bertz CT molecular complexity index is 350. The third kappa shape index (κ3) is 2.73. The summed E-state index contributed by atoms with van der Waals surface area (Å²) < 4.78 is 5.99. The van der Waals surface area contributed by atoms with Gasteiger partial charge in [-0.05, 0) is 35.8 Å². The van der Waals surface area contributed by atoms with Crippen LogP contribution in [0.1, 0.15) is 18.3 Å². The molecule has 0 aliphatic carbocycles. The van der Waals surface area contributed by atoms with E-state index in [1.807, 2.05) is 19.9 Å². The molecule has 1 aromatic rings. The van der Waals surface area contributed by atoms with Crippen LogP contribution in [0.2, 0.25) is 0 Å². The van der Waals surface area contributed by atoms with Crippen LogP contribution in [-0.2, 0) is 4.74 Å². The zero-order valence-corrected chi connectivity index (χ0v) is 9.84. The highest BCUT2D eigenvalue weighted by Crippen LogP contribution is 2.20. The van der Waals surface area contributed by atoms with Gasteiger partial charge in [0.05, 0.1) is 29.9 Å². The number of rotatable bonds is 3. The minimum atomic E-state index is 0.637. The van der Waals surface area contributed by atoms with Crippen LogP contribution in [-0.4, -0.2) is 11.6 Å². The Morgan fingerprint density at radius 2 is 2.36 bits per heavy atom. The molecular weight excluding hydrogens is 244 g/mol. The Morgan fingerprint density at radius 3 is 3.00 bits per heavy atom. The van der Waals surface area contributed by atoms with Crippen molar-refractivity contribution < 1.29 is 4.74 Å². The number of nitrogens with two attached hydrogens (primary N) is 1. The average Bonchev–Trinajstić information content (AvgIpc) is 2.14. The molecule has 3 nitrogen and oxygen atoms in total. The predicted molar refractivity (Wildman–Crippen MR) is 61.7 cm³/mol. The van der Waals surface area contributed by atoms with Gasteiger partial charge in [-0.1, -0.05) is 0 Å². The van der Waals surface area contributed by atoms with Crippen molar-refractivity contribution in [2.75, 3.05) is 12.3 Å². The lowest BCUT2D eigenvalue weighted by Gasteiger charge is -2.03. The summed E-state index contributed by atoms with van der Waals surface area (Å²) in [4.78, 5) is 4.31. The first-order valence-electron chi connectivity index (χ1n) is 4.36. The topological polar surface area (TPSA) is 48.1 Å². The van der Waals surface area contributed by atoms with E-state index in [2.05, 4.69) is 20.9 Å². The van der Waals surface area contributed by atoms with E-state index in [1.54, 1.807) is 12.3 Å². The number of hydrogen-bond acceptors (Lipinski definition) is 3. The molecule has 0 bridgehead atoms. The van der Waals surface area contributed by atoms with Gasteiger partial charge in [0.25, 0.3) is 0 Å². The zero-order valence-electron chi connectivity index (χ0n) is 8.25. The van der Waals surface area contributed by atoms with Gasteiger partial charge in [0.2, 0.25) is 0 Å². The van der Waals surface area contributed by atoms with E-state index < -0.39 is 0 Å². The number of hydrogen-bond donors (Lipinski definition) is 1. The number of nitrogens with zero attached hydrogens (tertiary/aromatic N) is 1. The molecule has 0 fully saturated rings. The van der Waals surface area contributed by atoms with Crippen molar-refractivity contribution in [2.45, 2.75) is 13.8 Å². The van der Waals surface area contributed by atoms with Crippen molar-refractivity contribution >= 4 is 27.7 Å². The predicted octanol–water partition coefficient (Wildman–Crippen LogP) is 2.74. The van der Waals surface area contributed by atoms with E-state index in [-0.39, 0.29) is 0 Å². The Kier molecular flexibility index (Phi) is 3.95. The molecule has 2 N–H and O–H groups in total. The van der Waals surface area contributed by atoms with Crippen molar-refractivity contribution in [1.82, 2.24) is 4.98 Å². The molecule has 0 radical (unpaired) electrons. The number of halogens is 1. The quantitative estimate of drug-likeness (QED) is 0.847. The molecule has 76 valence electrons. The van der Waals surface area contributed by atoms with Crippen molar-refractivity contribution in [3.05, 3.63) is 28.2 Å². The van der Waals surface area contributed by atoms with Gasteiger partial charge in [-0.25, -0.2) is 0 Å². The fourth-order valence-corrected chi connectivity index (χ4v) is 1.29.